The van der Waals surface area contributed by atoms with Gasteiger partial charge in [0.1, 0.15) is 12.2 Å². The van der Waals surface area contributed by atoms with E-state index in [2.05, 4.69) is 54.7 Å². The van der Waals surface area contributed by atoms with E-state index in [1.807, 2.05) is 0 Å². The fourth-order valence-electron chi connectivity index (χ4n) is 3.22. The van der Waals surface area contributed by atoms with Gasteiger partial charge in [0, 0.05) is 18.4 Å². The Labute approximate surface area is 156 Å². The summed E-state index contributed by atoms with van der Waals surface area (Å²) in [7, 11) is 0. The maximum Gasteiger partial charge on any atom is 0.313 e. The summed E-state index contributed by atoms with van der Waals surface area (Å²) in [5.74, 6) is 1.22. The number of nitrogens with zero attached hydrogens (tertiary/aromatic N) is 4. The first-order valence-electron chi connectivity index (χ1n) is 8.94. The summed E-state index contributed by atoms with van der Waals surface area (Å²) in [4.78, 5) is 23.3. The average molecular weight is 364 g/mol. The third kappa shape index (κ3) is 3.94. The van der Waals surface area contributed by atoms with Crippen molar-refractivity contribution in [3.05, 3.63) is 53.6 Å². The standard InChI is InChI=1S/C19H20N6O2/c1-2-27-17(26)9-16-23-18(25-24-16)14-10-20-19(21-11-14)22-15-7-12-5-3-4-6-13(12)8-15/h3-6,10-11,15H,2,7-9H2,1H3,(H,20,21,22)(H,23,24,25). The molecular weight excluding hydrogens is 344 g/mol. The van der Waals surface area contributed by atoms with Crippen molar-refractivity contribution in [1.29, 1.82) is 0 Å². The summed E-state index contributed by atoms with van der Waals surface area (Å²) >= 11 is 0. The van der Waals surface area contributed by atoms with Gasteiger partial charge in [0.2, 0.25) is 5.95 Å². The van der Waals surface area contributed by atoms with E-state index in [9.17, 15) is 4.79 Å². The zero-order valence-corrected chi connectivity index (χ0v) is 15.0. The maximum absolute atomic E-state index is 11.5. The van der Waals surface area contributed by atoms with Gasteiger partial charge in [-0.25, -0.2) is 9.97 Å². The lowest BCUT2D eigenvalue weighted by Crippen LogP contribution is -2.20. The van der Waals surface area contributed by atoms with Crippen molar-refractivity contribution in [2.45, 2.75) is 32.2 Å². The van der Waals surface area contributed by atoms with Gasteiger partial charge in [-0.15, -0.1) is 10.2 Å². The number of carbonyl (C=O) groups excluding carboxylic acids is 1. The molecule has 0 aliphatic heterocycles. The summed E-state index contributed by atoms with van der Waals surface area (Å²) < 4.78 is 4.90. The molecular formula is C19H20N6O2. The Morgan fingerprint density at radius 3 is 2.56 bits per heavy atom. The fourth-order valence-corrected chi connectivity index (χ4v) is 3.22. The predicted octanol–water partition coefficient (Wildman–Crippen LogP) is 1.95. The van der Waals surface area contributed by atoms with Gasteiger partial charge in [-0.1, -0.05) is 24.3 Å². The number of rotatable bonds is 6. The molecule has 1 aliphatic rings. The number of hydrogen-bond donors (Lipinski definition) is 2. The number of carbonyl (C=O) groups is 1. The van der Waals surface area contributed by atoms with E-state index in [4.69, 9.17) is 4.74 Å². The highest BCUT2D eigenvalue weighted by molar-refractivity contribution is 5.71. The van der Waals surface area contributed by atoms with Gasteiger partial charge in [-0.3, -0.25) is 4.79 Å². The molecule has 0 atom stereocenters. The van der Waals surface area contributed by atoms with Crippen LogP contribution in [0.5, 0.6) is 0 Å². The molecule has 1 aromatic carbocycles. The lowest BCUT2D eigenvalue weighted by atomic mass is 10.1. The minimum absolute atomic E-state index is 0.0591. The molecule has 0 spiro atoms. The van der Waals surface area contributed by atoms with Gasteiger partial charge >= 0.3 is 5.97 Å². The zero-order valence-electron chi connectivity index (χ0n) is 15.0. The van der Waals surface area contributed by atoms with Crippen molar-refractivity contribution in [3.8, 4) is 11.4 Å². The van der Waals surface area contributed by atoms with E-state index < -0.39 is 0 Å². The molecule has 0 saturated carbocycles. The summed E-state index contributed by atoms with van der Waals surface area (Å²) in [5.41, 5.74) is 3.46. The number of aromatic amines is 1. The Balaban J connectivity index is 1.38. The van der Waals surface area contributed by atoms with Crippen LogP contribution in [0.15, 0.2) is 36.7 Å². The Hall–Kier alpha value is -3.29. The van der Waals surface area contributed by atoms with Crippen LogP contribution in [-0.4, -0.2) is 43.8 Å². The van der Waals surface area contributed by atoms with Crippen LogP contribution >= 0.6 is 0 Å². The highest BCUT2D eigenvalue weighted by Crippen LogP contribution is 2.23. The van der Waals surface area contributed by atoms with Gasteiger partial charge in [0.25, 0.3) is 0 Å². The van der Waals surface area contributed by atoms with Crippen LogP contribution in [0.4, 0.5) is 5.95 Å². The smallest absolute Gasteiger partial charge is 0.313 e. The van der Waals surface area contributed by atoms with Crippen LogP contribution < -0.4 is 5.32 Å². The SMILES string of the molecule is CCOC(=O)Cc1nnc(-c2cnc(NC3Cc4ccccc4C3)nc2)[nH]1. The molecule has 4 rings (SSSR count). The quantitative estimate of drug-likeness (QED) is 0.644. The second-order valence-electron chi connectivity index (χ2n) is 6.42. The number of aromatic nitrogens is 5. The minimum Gasteiger partial charge on any atom is -0.466 e. The first kappa shape index (κ1) is 17.1. The lowest BCUT2D eigenvalue weighted by Gasteiger charge is -2.11. The largest absolute Gasteiger partial charge is 0.466 e. The fraction of sp³-hybridized carbons (Fsp3) is 0.316. The highest BCUT2D eigenvalue weighted by atomic mass is 16.5. The normalized spacial score (nSPS) is 13.4. The van der Waals surface area contributed by atoms with Crippen LogP contribution in [-0.2, 0) is 28.8 Å². The molecule has 138 valence electrons. The third-order valence-corrected chi connectivity index (χ3v) is 4.46. The summed E-state index contributed by atoms with van der Waals surface area (Å²) in [5, 5.41) is 11.4. The molecule has 8 heteroatoms. The first-order chi connectivity index (χ1) is 13.2. The number of hydrogen-bond acceptors (Lipinski definition) is 7. The van der Waals surface area contributed by atoms with Crippen LogP contribution in [0.1, 0.15) is 23.9 Å². The summed E-state index contributed by atoms with van der Waals surface area (Å²) in [6, 6.07) is 8.77. The van der Waals surface area contributed by atoms with Crippen molar-refractivity contribution in [2.75, 3.05) is 11.9 Å². The minimum atomic E-state index is -0.339. The Morgan fingerprint density at radius 2 is 1.89 bits per heavy atom. The van der Waals surface area contributed by atoms with Crippen molar-refractivity contribution in [3.63, 3.8) is 0 Å². The Kier molecular flexibility index (Phi) is 4.78. The highest BCUT2D eigenvalue weighted by Gasteiger charge is 2.21. The number of fused-ring (bicyclic) bond motifs is 1. The third-order valence-electron chi connectivity index (χ3n) is 4.46. The predicted molar refractivity (Wildman–Crippen MR) is 99.0 cm³/mol. The number of ether oxygens (including phenoxy) is 1. The molecule has 27 heavy (non-hydrogen) atoms. The van der Waals surface area contributed by atoms with Crippen LogP contribution in [0.3, 0.4) is 0 Å². The summed E-state index contributed by atoms with van der Waals surface area (Å²) in [6.07, 6.45) is 5.38. The molecule has 0 unspecified atom stereocenters. The number of nitrogens with one attached hydrogen (secondary N) is 2. The molecule has 1 aliphatic carbocycles. The monoisotopic (exact) mass is 364 g/mol. The zero-order chi connectivity index (χ0) is 18.6. The van der Waals surface area contributed by atoms with E-state index in [1.54, 1.807) is 19.3 Å². The van der Waals surface area contributed by atoms with Crippen LogP contribution in [0, 0.1) is 0 Å². The maximum atomic E-state index is 11.5. The Bertz CT molecular complexity index is 912. The van der Waals surface area contributed by atoms with Gasteiger partial charge in [-0.05, 0) is 30.9 Å². The van der Waals surface area contributed by atoms with Crippen molar-refractivity contribution < 1.29 is 9.53 Å². The van der Waals surface area contributed by atoms with Gasteiger partial charge in [0.05, 0.1) is 12.2 Å². The molecule has 2 N–H and O–H groups in total. The number of H-pyrrole nitrogens is 1. The van der Waals surface area contributed by atoms with Gasteiger partial charge < -0.3 is 15.0 Å². The van der Waals surface area contributed by atoms with Crippen molar-refractivity contribution >= 4 is 11.9 Å². The molecule has 0 saturated heterocycles. The number of anilines is 1. The molecule has 2 heterocycles. The van der Waals surface area contributed by atoms with Crippen molar-refractivity contribution in [1.82, 2.24) is 25.1 Å². The Morgan fingerprint density at radius 1 is 1.19 bits per heavy atom. The topological polar surface area (TPSA) is 106 Å². The van der Waals surface area contributed by atoms with E-state index in [0.29, 0.717) is 35.8 Å². The first-order valence-corrected chi connectivity index (χ1v) is 8.94. The molecule has 0 amide bonds. The molecule has 2 aromatic heterocycles. The molecule has 0 fully saturated rings. The molecule has 3 aromatic rings. The van der Waals surface area contributed by atoms with E-state index in [-0.39, 0.29) is 12.4 Å². The molecule has 0 bridgehead atoms. The van der Waals surface area contributed by atoms with Crippen LogP contribution in [0.2, 0.25) is 0 Å². The molecule has 8 nitrogen and oxygen atoms in total. The average Bonchev–Trinajstić information content (AvgIpc) is 3.29. The lowest BCUT2D eigenvalue weighted by molar-refractivity contribution is -0.142. The van der Waals surface area contributed by atoms with Gasteiger partial charge in [0.15, 0.2) is 5.82 Å². The second kappa shape index (κ2) is 7.53. The van der Waals surface area contributed by atoms with Crippen molar-refractivity contribution in [2.24, 2.45) is 0 Å². The van der Waals surface area contributed by atoms with E-state index in [1.165, 1.54) is 11.1 Å². The van der Waals surface area contributed by atoms with Gasteiger partial charge in [-0.2, -0.15) is 0 Å². The van der Waals surface area contributed by atoms with E-state index in [0.717, 1.165) is 12.8 Å². The molecule has 0 radical (unpaired) electrons. The van der Waals surface area contributed by atoms with Crippen LogP contribution in [0.25, 0.3) is 11.4 Å². The summed E-state index contributed by atoms with van der Waals surface area (Å²) in [6.45, 7) is 2.11. The number of benzene rings is 1. The second-order valence-corrected chi connectivity index (χ2v) is 6.42. The van der Waals surface area contributed by atoms with E-state index >= 15 is 0 Å². The number of esters is 1.